The molecule has 15 nitrogen and oxygen atoms in total. The van der Waals surface area contributed by atoms with Gasteiger partial charge >= 0.3 is 12.5 Å². The SMILES string of the molecule is COC(=O)N[C@H](C(=O)N1C[C@@H](S(C)=O)C[C@H]1c1ncc(-c2ccc(-c3ccc(C(=O)Nc4ccc(N5CCN(C(=O)C(C)(C)C)C[C@H]5C)nc4)cc3OC(F)(F)F)cc2)[nH]1)C(C)C. The highest BCUT2D eigenvalue weighted by Gasteiger charge is 2.43. The molecule has 338 valence electrons. The Hall–Kier alpha value is -5.98. The number of methoxy groups -OCH3 is 1. The number of rotatable bonds is 11. The summed E-state index contributed by atoms with van der Waals surface area (Å²) in [5.41, 5.74) is 1.43. The van der Waals surface area contributed by atoms with Gasteiger partial charge in [-0.15, -0.1) is 13.2 Å². The van der Waals surface area contributed by atoms with Gasteiger partial charge in [-0.25, -0.2) is 14.8 Å². The molecule has 4 amide bonds. The molecule has 4 aromatic rings. The summed E-state index contributed by atoms with van der Waals surface area (Å²) >= 11 is 0. The number of carbonyl (C=O) groups is 4. The molecule has 5 atom stereocenters. The number of ether oxygens (including phenoxy) is 2. The van der Waals surface area contributed by atoms with Gasteiger partial charge in [0.05, 0.1) is 42.2 Å². The Kier molecular flexibility index (Phi) is 13.9. The van der Waals surface area contributed by atoms with Gasteiger partial charge in [0.25, 0.3) is 5.91 Å². The molecule has 2 aliphatic rings. The Bertz CT molecular complexity index is 2330. The molecular weight excluding hydrogens is 842 g/mol. The Balaban J connectivity index is 1.16. The summed E-state index contributed by atoms with van der Waals surface area (Å²) in [6.45, 7) is 13.1. The van der Waals surface area contributed by atoms with Crippen LogP contribution in [-0.4, -0.2) is 116 Å². The molecule has 6 rings (SSSR count). The van der Waals surface area contributed by atoms with Crippen LogP contribution >= 0.6 is 0 Å². The first kappa shape index (κ1) is 46.5. The van der Waals surface area contributed by atoms with Crippen molar-refractivity contribution in [3.63, 3.8) is 0 Å². The van der Waals surface area contributed by atoms with Crippen molar-refractivity contribution >= 4 is 46.1 Å². The number of aromatic amines is 1. The lowest BCUT2D eigenvalue weighted by Crippen LogP contribution is -2.56. The Morgan fingerprint density at radius 2 is 1.63 bits per heavy atom. The zero-order valence-corrected chi connectivity index (χ0v) is 37.2. The summed E-state index contributed by atoms with van der Waals surface area (Å²) in [5, 5.41) is 4.96. The Labute approximate surface area is 366 Å². The van der Waals surface area contributed by atoms with Crippen molar-refractivity contribution in [1.29, 1.82) is 0 Å². The maximum Gasteiger partial charge on any atom is 0.573 e. The zero-order valence-electron chi connectivity index (χ0n) is 36.4. The molecule has 1 unspecified atom stereocenters. The van der Waals surface area contributed by atoms with Crippen LogP contribution in [0.15, 0.2) is 67.0 Å². The standard InChI is InChI=1S/C44H53F3N8O7S/c1-25(2)37(52-42(59)61-7)40(57)55-24-31(63(8)60)20-34(55)38-49-22-33(51-38)28-11-9-27(10-12-28)32-15-13-29(19-35(32)62-44(45,46)47)39(56)50-30-14-16-36(48-21-30)54-18-17-53(23-26(54)3)41(58)43(4,5)6/h9-16,19,21-22,25-26,31,34,37H,17-18,20,23-24H2,1-8H3,(H,49,51)(H,50,56)(H,52,59)/t26-,31+,34+,37+,63?/m1/s1. The first-order chi connectivity index (χ1) is 29.6. The molecule has 4 heterocycles. The summed E-state index contributed by atoms with van der Waals surface area (Å²) in [6, 6.07) is 12.3. The summed E-state index contributed by atoms with van der Waals surface area (Å²) in [5.74, 6) is -0.703. The number of aromatic nitrogens is 3. The fourth-order valence-corrected chi connectivity index (χ4v) is 8.63. The third-order valence-corrected chi connectivity index (χ3v) is 12.4. The van der Waals surface area contributed by atoms with E-state index < -0.39 is 52.4 Å². The van der Waals surface area contributed by atoms with Crippen molar-refractivity contribution in [2.24, 2.45) is 11.3 Å². The molecule has 2 aromatic heterocycles. The molecule has 63 heavy (non-hydrogen) atoms. The van der Waals surface area contributed by atoms with E-state index in [9.17, 15) is 36.6 Å². The van der Waals surface area contributed by atoms with E-state index in [1.807, 2.05) is 32.6 Å². The summed E-state index contributed by atoms with van der Waals surface area (Å²) in [6.07, 6.45) is -0.820. The highest BCUT2D eigenvalue weighted by Crippen LogP contribution is 2.38. The van der Waals surface area contributed by atoms with Crippen LogP contribution in [0.1, 0.15) is 70.2 Å². The number of alkyl carbamates (subject to hydrolysis) is 1. The van der Waals surface area contributed by atoms with Gasteiger partial charge in [-0.3, -0.25) is 18.6 Å². The summed E-state index contributed by atoms with van der Waals surface area (Å²) < 4.78 is 62.9. The largest absolute Gasteiger partial charge is 0.573 e. The fraction of sp³-hybridized carbons (Fsp3) is 0.455. The quantitative estimate of drug-likeness (QED) is 0.146. The highest BCUT2D eigenvalue weighted by molar-refractivity contribution is 7.84. The van der Waals surface area contributed by atoms with E-state index in [1.54, 1.807) is 67.6 Å². The maximum atomic E-state index is 13.8. The zero-order chi connectivity index (χ0) is 46.0. The molecule has 3 N–H and O–H groups in total. The number of likely N-dealkylation sites (tertiary alicyclic amines) is 1. The second-order valence-corrected chi connectivity index (χ2v) is 18.8. The number of imidazole rings is 1. The van der Waals surface area contributed by atoms with E-state index >= 15 is 0 Å². The molecule has 2 fully saturated rings. The highest BCUT2D eigenvalue weighted by atomic mass is 32.2. The number of carbonyl (C=O) groups excluding carboxylic acids is 4. The van der Waals surface area contributed by atoms with Crippen molar-refractivity contribution in [3.05, 3.63) is 78.4 Å². The number of piperazine rings is 1. The minimum atomic E-state index is -5.05. The first-order valence-electron chi connectivity index (χ1n) is 20.5. The third-order valence-electron chi connectivity index (χ3n) is 11.2. The number of benzene rings is 2. The predicted molar refractivity (Wildman–Crippen MR) is 232 cm³/mol. The van der Waals surface area contributed by atoms with Crippen LogP contribution in [0.5, 0.6) is 5.75 Å². The molecular formula is C44H53F3N8O7S. The smallest absolute Gasteiger partial charge is 0.453 e. The molecule has 0 bridgehead atoms. The van der Waals surface area contributed by atoms with Crippen molar-refractivity contribution in [2.45, 2.75) is 77.7 Å². The van der Waals surface area contributed by atoms with E-state index in [0.717, 1.165) is 6.07 Å². The number of hydrogen-bond acceptors (Lipinski definition) is 10. The lowest BCUT2D eigenvalue weighted by atomic mass is 9.94. The van der Waals surface area contributed by atoms with Gasteiger partial charge in [0, 0.05) is 65.8 Å². The van der Waals surface area contributed by atoms with E-state index in [2.05, 4.69) is 35.2 Å². The normalized spacial score (nSPS) is 19.1. The van der Waals surface area contributed by atoms with Crippen LogP contribution in [0.25, 0.3) is 22.4 Å². The number of amides is 4. The lowest BCUT2D eigenvalue weighted by molar-refractivity contribution is -0.274. The molecule has 2 saturated heterocycles. The number of hydrogen-bond donors (Lipinski definition) is 3. The number of halogens is 3. The van der Waals surface area contributed by atoms with Gasteiger partial charge in [-0.05, 0) is 60.7 Å². The third kappa shape index (κ3) is 11.0. The summed E-state index contributed by atoms with van der Waals surface area (Å²) in [4.78, 5) is 69.8. The second kappa shape index (κ2) is 18.8. The second-order valence-electron chi connectivity index (χ2n) is 17.1. The maximum absolute atomic E-state index is 13.8. The van der Waals surface area contributed by atoms with Gasteiger partial charge in [-0.1, -0.05) is 58.9 Å². The minimum absolute atomic E-state index is 0.00343. The van der Waals surface area contributed by atoms with Crippen molar-refractivity contribution in [1.82, 2.24) is 30.1 Å². The van der Waals surface area contributed by atoms with E-state index in [-0.39, 0.29) is 46.7 Å². The summed E-state index contributed by atoms with van der Waals surface area (Å²) in [7, 11) is -0.0431. The van der Waals surface area contributed by atoms with Crippen LogP contribution in [0.3, 0.4) is 0 Å². The molecule has 2 aromatic carbocycles. The number of pyridine rings is 1. The average Bonchev–Trinajstić information content (AvgIpc) is 3.90. The molecule has 19 heteroatoms. The van der Waals surface area contributed by atoms with Crippen LogP contribution < -0.4 is 20.3 Å². The van der Waals surface area contributed by atoms with Crippen LogP contribution in [0, 0.1) is 11.3 Å². The monoisotopic (exact) mass is 894 g/mol. The van der Waals surface area contributed by atoms with Crippen molar-refractivity contribution < 1.29 is 46.0 Å². The molecule has 2 aliphatic heterocycles. The van der Waals surface area contributed by atoms with Gasteiger partial charge in [0.2, 0.25) is 11.8 Å². The molecule has 0 spiro atoms. The molecule has 0 radical (unpaired) electrons. The van der Waals surface area contributed by atoms with E-state index in [1.165, 1.54) is 25.4 Å². The van der Waals surface area contributed by atoms with E-state index in [0.29, 0.717) is 60.2 Å². The first-order valence-corrected chi connectivity index (χ1v) is 22.1. The lowest BCUT2D eigenvalue weighted by Gasteiger charge is -2.42. The minimum Gasteiger partial charge on any atom is -0.453 e. The Morgan fingerprint density at radius 3 is 2.22 bits per heavy atom. The molecule has 0 aliphatic carbocycles. The number of H-pyrrole nitrogens is 1. The van der Waals surface area contributed by atoms with Crippen LogP contribution in [0.2, 0.25) is 0 Å². The van der Waals surface area contributed by atoms with Crippen molar-refractivity contribution in [2.75, 3.05) is 49.8 Å². The topological polar surface area (TPSA) is 179 Å². The van der Waals surface area contributed by atoms with Crippen LogP contribution in [-0.2, 0) is 25.1 Å². The van der Waals surface area contributed by atoms with Gasteiger partial charge < -0.3 is 39.8 Å². The van der Waals surface area contributed by atoms with Gasteiger partial charge in [0.1, 0.15) is 23.4 Å². The predicted octanol–water partition coefficient (Wildman–Crippen LogP) is 6.77. The van der Waals surface area contributed by atoms with Crippen LogP contribution in [0.4, 0.5) is 29.5 Å². The van der Waals surface area contributed by atoms with Gasteiger partial charge in [-0.2, -0.15) is 0 Å². The Morgan fingerprint density at radius 1 is 0.937 bits per heavy atom. The number of anilines is 2. The number of nitrogens with one attached hydrogen (secondary N) is 3. The fourth-order valence-electron chi connectivity index (χ4n) is 7.80. The number of alkyl halides is 3. The van der Waals surface area contributed by atoms with Crippen molar-refractivity contribution in [3.8, 4) is 28.1 Å². The molecule has 0 saturated carbocycles. The average molecular weight is 895 g/mol. The van der Waals surface area contributed by atoms with Gasteiger partial charge in [0.15, 0.2) is 0 Å². The number of nitrogens with zero attached hydrogens (tertiary/aromatic N) is 5. The van der Waals surface area contributed by atoms with E-state index in [4.69, 9.17) is 4.74 Å².